The van der Waals surface area contributed by atoms with E-state index in [9.17, 15) is 4.79 Å². The van der Waals surface area contributed by atoms with E-state index in [4.69, 9.17) is 0 Å². The van der Waals surface area contributed by atoms with E-state index in [0.717, 1.165) is 0 Å². The van der Waals surface area contributed by atoms with E-state index in [1.54, 1.807) is 40.6 Å². The van der Waals surface area contributed by atoms with Crippen LogP contribution in [0.15, 0.2) is 40.9 Å². The number of hydrogen-bond acceptors (Lipinski definition) is 5. The maximum absolute atomic E-state index is 12.6. The first-order chi connectivity index (χ1) is 10.6. The third-order valence-electron chi connectivity index (χ3n) is 3.79. The highest BCUT2D eigenvalue weighted by Crippen LogP contribution is 2.28. The second-order valence-corrected chi connectivity index (χ2v) is 6.47. The predicted octanol–water partition coefficient (Wildman–Crippen LogP) is 2.46. The van der Waals surface area contributed by atoms with Gasteiger partial charge in [0, 0.05) is 17.6 Å². The number of rotatable bonds is 4. The van der Waals surface area contributed by atoms with Crippen molar-refractivity contribution < 1.29 is 0 Å². The maximum atomic E-state index is 12.6. The Morgan fingerprint density at radius 2 is 2.14 bits per heavy atom. The van der Waals surface area contributed by atoms with E-state index >= 15 is 0 Å². The zero-order chi connectivity index (χ0) is 15.7. The second kappa shape index (κ2) is 5.98. The molecule has 0 aliphatic heterocycles. The molecular weight excluding hydrogens is 296 g/mol. The lowest BCUT2D eigenvalue weighted by Gasteiger charge is -2.25. The number of fused-ring (bicyclic) bond motifs is 1. The van der Waals surface area contributed by atoms with Crippen LogP contribution in [0, 0.1) is 6.92 Å². The first-order valence-electron chi connectivity index (χ1n) is 7.08. The van der Waals surface area contributed by atoms with Gasteiger partial charge in [-0.2, -0.15) is 0 Å². The Morgan fingerprint density at radius 3 is 2.82 bits per heavy atom. The Hall–Kier alpha value is -2.05. The summed E-state index contributed by atoms with van der Waals surface area (Å²) < 4.78 is 1.67. The third-order valence-corrected chi connectivity index (χ3v) is 4.91. The zero-order valence-electron chi connectivity index (χ0n) is 12.9. The molecule has 0 unspecified atom stereocenters. The third kappa shape index (κ3) is 2.67. The lowest BCUT2D eigenvalue weighted by molar-refractivity contribution is 0.269. The smallest absolute Gasteiger partial charge is 0.262 e. The number of nitrogens with zero attached hydrogens (tertiary/aromatic N) is 4. The molecule has 6 heteroatoms. The molecule has 0 aliphatic rings. The van der Waals surface area contributed by atoms with Gasteiger partial charge in [-0.3, -0.25) is 9.36 Å². The minimum atomic E-state index is -0.0424. The van der Waals surface area contributed by atoms with Crippen LogP contribution in [-0.2, 0) is 6.54 Å². The first kappa shape index (κ1) is 14.9. The molecule has 0 amide bonds. The van der Waals surface area contributed by atoms with Crippen LogP contribution in [0.1, 0.15) is 16.5 Å². The summed E-state index contributed by atoms with van der Waals surface area (Å²) in [6, 6.07) is 5.80. The van der Waals surface area contributed by atoms with E-state index in [2.05, 4.69) is 33.2 Å². The Morgan fingerprint density at radius 1 is 1.32 bits per heavy atom. The molecular formula is C16H18N4OS. The van der Waals surface area contributed by atoms with E-state index in [0.29, 0.717) is 17.6 Å². The monoisotopic (exact) mass is 314 g/mol. The molecule has 0 aromatic carbocycles. The minimum Gasteiger partial charge on any atom is -0.300 e. The van der Waals surface area contributed by atoms with E-state index in [1.807, 2.05) is 14.1 Å². The lowest BCUT2D eigenvalue weighted by Crippen LogP contribution is -2.30. The van der Waals surface area contributed by atoms with Crippen molar-refractivity contribution in [3.05, 3.63) is 56.9 Å². The van der Waals surface area contributed by atoms with E-state index in [1.165, 1.54) is 10.4 Å². The highest BCUT2D eigenvalue weighted by molar-refractivity contribution is 7.10. The summed E-state index contributed by atoms with van der Waals surface area (Å²) in [7, 11) is 4.07. The van der Waals surface area contributed by atoms with E-state index in [-0.39, 0.29) is 11.6 Å². The van der Waals surface area contributed by atoms with Crippen LogP contribution in [0.25, 0.3) is 11.0 Å². The molecule has 0 saturated carbocycles. The van der Waals surface area contributed by atoms with Crippen LogP contribution in [0.2, 0.25) is 0 Å². The van der Waals surface area contributed by atoms with Gasteiger partial charge in [-0.05, 0) is 50.2 Å². The Bertz CT molecular complexity index is 852. The van der Waals surface area contributed by atoms with E-state index < -0.39 is 0 Å². The van der Waals surface area contributed by atoms with Gasteiger partial charge in [0.2, 0.25) is 0 Å². The summed E-state index contributed by atoms with van der Waals surface area (Å²) in [5, 5.41) is 2.65. The highest BCUT2D eigenvalue weighted by Gasteiger charge is 2.19. The Labute approximate surface area is 132 Å². The van der Waals surface area contributed by atoms with Crippen LogP contribution in [-0.4, -0.2) is 33.5 Å². The average molecular weight is 314 g/mol. The molecule has 1 atom stereocenters. The van der Waals surface area contributed by atoms with Crippen LogP contribution in [0.5, 0.6) is 0 Å². The predicted molar refractivity (Wildman–Crippen MR) is 89.3 cm³/mol. The number of hydrogen-bond donors (Lipinski definition) is 0. The fourth-order valence-corrected chi connectivity index (χ4v) is 3.64. The number of aromatic nitrogens is 3. The standard InChI is InChI=1S/C16H18N4OS/c1-11-6-8-22-14(11)13(19(2)3)9-20-10-18-15-12(16(20)21)5-4-7-17-15/h4-8,10,13H,9H2,1-3H3/t13-/m1/s1. The van der Waals surface area contributed by atoms with Crippen LogP contribution >= 0.6 is 11.3 Å². The largest absolute Gasteiger partial charge is 0.300 e. The number of thiophene rings is 1. The molecule has 0 saturated heterocycles. The van der Waals surface area contributed by atoms with Gasteiger partial charge in [0.25, 0.3) is 5.56 Å². The molecule has 3 heterocycles. The number of pyridine rings is 1. The molecule has 0 spiro atoms. The summed E-state index contributed by atoms with van der Waals surface area (Å²) in [5.41, 5.74) is 1.71. The molecule has 0 radical (unpaired) electrons. The van der Waals surface area contributed by atoms with Crippen molar-refractivity contribution in [1.29, 1.82) is 0 Å². The normalized spacial score (nSPS) is 12.9. The Balaban J connectivity index is 2.02. The minimum absolute atomic E-state index is 0.0424. The summed E-state index contributed by atoms with van der Waals surface area (Å²) in [6.45, 7) is 2.68. The van der Waals surface area contributed by atoms with Crippen molar-refractivity contribution in [1.82, 2.24) is 19.4 Å². The van der Waals surface area contributed by atoms with Crippen molar-refractivity contribution in [3.8, 4) is 0 Å². The molecule has 114 valence electrons. The molecule has 3 rings (SSSR count). The quantitative estimate of drug-likeness (QED) is 0.742. The van der Waals surface area contributed by atoms with Gasteiger partial charge >= 0.3 is 0 Å². The molecule has 22 heavy (non-hydrogen) atoms. The van der Waals surface area contributed by atoms with Gasteiger partial charge in [-0.1, -0.05) is 0 Å². The van der Waals surface area contributed by atoms with Gasteiger partial charge in [0.05, 0.1) is 11.4 Å². The number of likely N-dealkylation sites (N-methyl/N-ethyl adjacent to an activating group) is 1. The van der Waals surface area contributed by atoms with Gasteiger partial charge in [0.15, 0.2) is 5.65 Å². The van der Waals surface area contributed by atoms with Gasteiger partial charge in [0.1, 0.15) is 6.33 Å². The second-order valence-electron chi connectivity index (χ2n) is 5.52. The van der Waals surface area contributed by atoms with Crippen molar-refractivity contribution in [2.75, 3.05) is 14.1 Å². The maximum Gasteiger partial charge on any atom is 0.262 e. The van der Waals surface area contributed by atoms with Crippen molar-refractivity contribution >= 4 is 22.4 Å². The topological polar surface area (TPSA) is 51.0 Å². The van der Waals surface area contributed by atoms with Crippen molar-refractivity contribution in [2.24, 2.45) is 0 Å². The first-order valence-corrected chi connectivity index (χ1v) is 7.96. The zero-order valence-corrected chi connectivity index (χ0v) is 13.7. The highest BCUT2D eigenvalue weighted by atomic mass is 32.1. The lowest BCUT2D eigenvalue weighted by atomic mass is 10.1. The molecule has 0 fully saturated rings. The summed E-state index contributed by atoms with van der Waals surface area (Å²) >= 11 is 1.72. The summed E-state index contributed by atoms with van der Waals surface area (Å²) in [4.78, 5) is 24.5. The fourth-order valence-electron chi connectivity index (χ4n) is 2.52. The number of aryl methyl sites for hydroxylation is 1. The molecule has 3 aromatic rings. The van der Waals surface area contributed by atoms with Crippen molar-refractivity contribution in [2.45, 2.75) is 19.5 Å². The van der Waals surface area contributed by atoms with Crippen LogP contribution < -0.4 is 5.56 Å². The van der Waals surface area contributed by atoms with Gasteiger partial charge in [-0.25, -0.2) is 9.97 Å². The SMILES string of the molecule is Cc1ccsc1[C@@H](Cn1cnc2ncccc2c1=O)N(C)C. The summed E-state index contributed by atoms with van der Waals surface area (Å²) in [6.07, 6.45) is 3.24. The molecule has 5 nitrogen and oxygen atoms in total. The summed E-state index contributed by atoms with van der Waals surface area (Å²) in [5.74, 6) is 0. The molecule has 0 N–H and O–H groups in total. The Kier molecular flexibility index (Phi) is 4.04. The van der Waals surface area contributed by atoms with Gasteiger partial charge < -0.3 is 4.90 Å². The van der Waals surface area contributed by atoms with Crippen LogP contribution in [0.3, 0.4) is 0 Å². The van der Waals surface area contributed by atoms with Crippen LogP contribution in [0.4, 0.5) is 0 Å². The fraction of sp³-hybridized carbons (Fsp3) is 0.312. The molecule has 0 bridgehead atoms. The molecule has 0 aliphatic carbocycles. The van der Waals surface area contributed by atoms with Gasteiger partial charge in [-0.15, -0.1) is 11.3 Å². The average Bonchev–Trinajstić information content (AvgIpc) is 2.92. The molecule has 3 aromatic heterocycles. The van der Waals surface area contributed by atoms with Crippen molar-refractivity contribution in [3.63, 3.8) is 0 Å².